The Kier molecular flexibility index (Phi) is 16.9. The lowest BCUT2D eigenvalue weighted by Gasteiger charge is -2.25. The molecule has 1 aliphatic carbocycles. The number of aromatic nitrogens is 1. The number of benzene rings is 2. The van der Waals surface area contributed by atoms with Crippen LogP contribution in [-0.2, 0) is 14.3 Å². The number of carbonyl (C=O) groups excluding carboxylic acids is 3. The van der Waals surface area contributed by atoms with E-state index in [0.29, 0.717) is 0 Å². The van der Waals surface area contributed by atoms with E-state index in [1.54, 1.807) is 38.1 Å². The minimum atomic E-state index is -1.49. The molecule has 12 heteroatoms. The Bertz CT molecular complexity index is 2320. The Morgan fingerprint density at radius 2 is 1.59 bits per heavy atom. The second-order valence-corrected chi connectivity index (χ2v) is 15.0. The number of nitrogens with one attached hydrogen (secondary N) is 1. The zero-order valence-electron chi connectivity index (χ0n) is 33.3. The Labute approximate surface area is 349 Å². The van der Waals surface area contributed by atoms with Crippen LogP contribution in [0.3, 0.4) is 0 Å². The molecule has 1 aliphatic rings. The molecule has 302 valence electrons. The van der Waals surface area contributed by atoms with Crippen LogP contribution in [0.25, 0.3) is 16.6 Å². The summed E-state index contributed by atoms with van der Waals surface area (Å²) >= 11 is 12.8. The number of aryl methyl sites for hydroxylation is 1. The molecule has 4 rings (SSSR count). The Morgan fingerprint density at radius 1 is 0.931 bits per heavy atom. The van der Waals surface area contributed by atoms with Crippen molar-refractivity contribution in [2.45, 2.75) is 97.9 Å². The van der Waals surface area contributed by atoms with Gasteiger partial charge in [-0.25, -0.2) is 14.2 Å². The number of ketones is 2. The molecule has 3 aromatic rings. The Hall–Kier alpha value is -5.68. The monoisotopic (exact) mass is 822 g/mol. The number of rotatable bonds is 18. The first kappa shape index (κ1) is 45.0. The summed E-state index contributed by atoms with van der Waals surface area (Å²) in [5.41, 5.74) is 0.985. The van der Waals surface area contributed by atoms with E-state index < -0.39 is 35.0 Å². The van der Waals surface area contributed by atoms with Gasteiger partial charge in [0.25, 0.3) is 5.56 Å². The van der Waals surface area contributed by atoms with Gasteiger partial charge in [-0.15, -0.1) is 0 Å². The highest BCUT2D eigenvalue weighted by Gasteiger charge is 2.38. The fourth-order valence-electron chi connectivity index (χ4n) is 6.65. The van der Waals surface area contributed by atoms with Crippen molar-refractivity contribution in [2.24, 2.45) is 0 Å². The molecule has 0 aliphatic heterocycles. The predicted octanol–water partition coefficient (Wildman–Crippen LogP) is 10.7. The van der Waals surface area contributed by atoms with Crippen LogP contribution in [0.2, 0.25) is 10.0 Å². The number of carbonyl (C=O) groups is 3. The van der Waals surface area contributed by atoms with Crippen molar-refractivity contribution in [1.82, 2.24) is 4.57 Å². The SMILES string of the molecule is [C-]#[N+]C1=C(C)/C(=C/C=C/C=C/c2c(C)c(C#N)c(=O)n(-c3cc(C)ccc3Cl)c2O)C(=O)C(Nc2cc(C(=O)OCCCCCCCCCCCC)ccc2Cl)C1=O. The zero-order chi connectivity index (χ0) is 42.4. The number of hydrogen-bond donors (Lipinski definition) is 2. The van der Waals surface area contributed by atoms with Crippen molar-refractivity contribution in [1.29, 1.82) is 5.26 Å². The fraction of sp³-hybridized carbons (Fsp3) is 0.348. The molecule has 58 heavy (non-hydrogen) atoms. The number of unbranched alkanes of at least 4 members (excludes halogenated alkanes) is 9. The van der Waals surface area contributed by atoms with Crippen LogP contribution >= 0.6 is 23.2 Å². The van der Waals surface area contributed by atoms with E-state index >= 15 is 0 Å². The highest BCUT2D eigenvalue weighted by Crippen LogP contribution is 2.32. The normalized spacial score (nSPS) is 15.0. The van der Waals surface area contributed by atoms with Crippen molar-refractivity contribution in [2.75, 3.05) is 11.9 Å². The third-order valence-electron chi connectivity index (χ3n) is 9.98. The van der Waals surface area contributed by atoms with Gasteiger partial charge >= 0.3 is 5.97 Å². The number of nitriles is 1. The molecular formula is C46H48Cl2N4O6. The molecule has 2 aromatic carbocycles. The average molecular weight is 824 g/mol. The molecule has 10 nitrogen and oxygen atoms in total. The molecule has 0 amide bonds. The molecule has 2 N–H and O–H groups in total. The molecule has 1 aromatic heterocycles. The molecule has 1 atom stereocenters. The summed E-state index contributed by atoms with van der Waals surface area (Å²) in [4.78, 5) is 56.7. The van der Waals surface area contributed by atoms with Gasteiger partial charge in [-0.05, 0) is 80.3 Å². The van der Waals surface area contributed by atoms with Gasteiger partial charge in [0.2, 0.25) is 11.6 Å². The van der Waals surface area contributed by atoms with Crippen molar-refractivity contribution in [3.05, 3.63) is 137 Å². The number of halogens is 2. The summed E-state index contributed by atoms with van der Waals surface area (Å²) in [6.07, 6.45) is 19.1. The summed E-state index contributed by atoms with van der Waals surface area (Å²) in [5.74, 6) is -2.31. The van der Waals surface area contributed by atoms with Crippen molar-refractivity contribution >= 4 is 52.5 Å². The van der Waals surface area contributed by atoms with Gasteiger partial charge in [-0.1, -0.05) is 118 Å². The minimum absolute atomic E-state index is 0.101. The number of pyridine rings is 1. The average Bonchev–Trinajstić information content (AvgIpc) is 3.19. The van der Waals surface area contributed by atoms with Gasteiger partial charge in [-0.2, -0.15) is 5.26 Å². The molecular weight excluding hydrogens is 775 g/mol. The second kappa shape index (κ2) is 21.7. The van der Waals surface area contributed by atoms with Gasteiger partial charge in [0, 0.05) is 11.1 Å². The molecule has 0 fully saturated rings. The van der Waals surface area contributed by atoms with E-state index in [2.05, 4.69) is 17.1 Å². The van der Waals surface area contributed by atoms with Gasteiger partial charge < -0.3 is 20.0 Å². The number of allylic oxidation sites excluding steroid dienone is 5. The largest absolute Gasteiger partial charge is 0.494 e. The summed E-state index contributed by atoms with van der Waals surface area (Å²) in [5, 5.41) is 24.2. The maximum absolute atomic E-state index is 13.8. The number of anilines is 1. The summed E-state index contributed by atoms with van der Waals surface area (Å²) in [7, 11) is 0. The van der Waals surface area contributed by atoms with Crippen molar-refractivity contribution < 1.29 is 24.2 Å². The van der Waals surface area contributed by atoms with E-state index in [9.17, 15) is 29.5 Å². The number of esters is 1. The van der Waals surface area contributed by atoms with Crippen LogP contribution < -0.4 is 10.9 Å². The number of aromatic hydroxyl groups is 1. The maximum Gasteiger partial charge on any atom is 0.338 e. The molecule has 0 radical (unpaired) electrons. The first-order valence-corrected chi connectivity index (χ1v) is 20.2. The van der Waals surface area contributed by atoms with E-state index in [1.807, 2.05) is 6.07 Å². The van der Waals surface area contributed by atoms with Crippen molar-refractivity contribution in [3.63, 3.8) is 0 Å². The molecule has 1 heterocycles. The van der Waals surface area contributed by atoms with Crippen LogP contribution in [0.4, 0.5) is 5.69 Å². The number of ether oxygens (including phenoxy) is 1. The zero-order valence-corrected chi connectivity index (χ0v) is 34.8. The number of hydrogen-bond acceptors (Lipinski definition) is 8. The Balaban J connectivity index is 1.48. The minimum Gasteiger partial charge on any atom is -0.494 e. The highest BCUT2D eigenvalue weighted by atomic mass is 35.5. The van der Waals surface area contributed by atoms with Gasteiger partial charge in [0.05, 0.1) is 40.2 Å². The second-order valence-electron chi connectivity index (χ2n) is 14.2. The lowest BCUT2D eigenvalue weighted by Crippen LogP contribution is -2.42. The molecule has 0 bridgehead atoms. The smallest absolute Gasteiger partial charge is 0.338 e. The topological polar surface area (TPSA) is 143 Å². The van der Waals surface area contributed by atoms with E-state index in [1.165, 1.54) is 94.4 Å². The van der Waals surface area contributed by atoms with E-state index in [4.69, 9.17) is 34.5 Å². The first-order chi connectivity index (χ1) is 27.9. The Morgan fingerprint density at radius 3 is 2.24 bits per heavy atom. The summed E-state index contributed by atoms with van der Waals surface area (Å²) in [6, 6.07) is 9.80. The van der Waals surface area contributed by atoms with Crippen LogP contribution in [0.5, 0.6) is 5.88 Å². The first-order valence-electron chi connectivity index (χ1n) is 19.5. The lowest BCUT2D eigenvalue weighted by molar-refractivity contribution is -0.124. The standard InChI is InChI=1S/C46H48Cl2N4O6/c1-6-7-8-9-10-11-12-13-14-18-25-58-46(57)32-22-24-36(47)38(27-32)51-41-42(53)33(31(4)40(50-5)43(41)54)19-16-15-17-20-34-30(3)35(28-49)45(56)52(44(34)55)39-26-29(2)21-23-37(39)48/h15-17,19-24,26-27,41,51,55H,6-14,18,25H2,1-4H3/b16-15+,20-17+,33-19-. The van der Waals surface area contributed by atoms with Crippen LogP contribution in [0.15, 0.2) is 82.3 Å². The molecule has 0 spiro atoms. The number of nitrogens with zero attached hydrogens (tertiary/aromatic N) is 3. The van der Waals surface area contributed by atoms with E-state index in [-0.39, 0.29) is 67.1 Å². The van der Waals surface area contributed by atoms with Crippen LogP contribution in [0, 0.1) is 31.8 Å². The molecule has 0 saturated carbocycles. The van der Waals surface area contributed by atoms with Gasteiger partial charge in [0.15, 0.2) is 11.6 Å². The summed E-state index contributed by atoms with van der Waals surface area (Å²) < 4.78 is 6.48. The van der Waals surface area contributed by atoms with Crippen molar-refractivity contribution in [3.8, 4) is 17.6 Å². The highest BCUT2D eigenvalue weighted by molar-refractivity contribution is 6.34. The third-order valence-corrected chi connectivity index (χ3v) is 10.6. The third kappa shape index (κ3) is 11.0. The van der Waals surface area contributed by atoms with E-state index in [0.717, 1.165) is 29.4 Å². The molecule has 0 saturated heterocycles. The molecule has 1 unspecified atom stereocenters. The maximum atomic E-state index is 13.8. The fourth-order valence-corrected chi connectivity index (χ4v) is 7.02. The van der Waals surface area contributed by atoms with Gasteiger partial charge in [0.1, 0.15) is 17.7 Å². The van der Waals surface area contributed by atoms with Crippen LogP contribution in [0.1, 0.15) is 111 Å². The summed E-state index contributed by atoms with van der Waals surface area (Å²) in [6.45, 7) is 15.0. The number of Topliss-reactive ketones (excluding diaryl/α,β-unsaturated/α-hetero) is 2. The predicted molar refractivity (Wildman–Crippen MR) is 229 cm³/mol. The lowest BCUT2D eigenvalue weighted by atomic mass is 9.85. The van der Waals surface area contributed by atoms with Crippen LogP contribution in [-0.4, -0.2) is 39.9 Å². The van der Waals surface area contributed by atoms with Gasteiger partial charge in [-0.3, -0.25) is 9.59 Å². The quantitative estimate of drug-likeness (QED) is 0.0322.